The summed E-state index contributed by atoms with van der Waals surface area (Å²) in [5.74, 6) is 2.51. The van der Waals surface area contributed by atoms with Crippen molar-refractivity contribution in [1.29, 1.82) is 0 Å². The third-order valence-corrected chi connectivity index (χ3v) is 5.41. The maximum Gasteiger partial charge on any atom is 0.323 e. The summed E-state index contributed by atoms with van der Waals surface area (Å²) in [5, 5.41) is 3.21. The number of anilines is 2. The number of hydrogen-bond donors (Lipinski definition) is 1. The molecule has 9 heteroatoms. The topological polar surface area (TPSA) is 91.9 Å². The van der Waals surface area contributed by atoms with E-state index in [2.05, 4.69) is 42.1 Å². The van der Waals surface area contributed by atoms with Gasteiger partial charge in [-0.2, -0.15) is 15.0 Å². The van der Waals surface area contributed by atoms with Crippen molar-refractivity contribution >= 4 is 23.3 Å². The first-order valence-corrected chi connectivity index (χ1v) is 10.7. The number of benzene rings is 1. The number of rotatable bonds is 6. The molecule has 1 fully saturated rings. The molecule has 32 heavy (non-hydrogen) atoms. The molecule has 164 valence electrons. The van der Waals surface area contributed by atoms with Gasteiger partial charge in [0.15, 0.2) is 0 Å². The number of amidine groups is 1. The highest BCUT2D eigenvalue weighted by Crippen LogP contribution is 2.22. The van der Waals surface area contributed by atoms with Crippen LogP contribution in [0.25, 0.3) is 5.57 Å². The number of furan rings is 1. The summed E-state index contributed by atoms with van der Waals surface area (Å²) in [5.41, 5.74) is 2.06. The van der Waals surface area contributed by atoms with Crippen molar-refractivity contribution in [3.05, 3.63) is 66.1 Å². The zero-order chi connectivity index (χ0) is 21.8. The Morgan fingerprint density at radius 3 is 2.62 bits per heavy atom. The lowest BCUT2D eigenvalue weighted by Crippen LogP contribution is -2.45. The Labute approximate surface area is 186 Å². The fourth-order valence-electron chi connectivity index (χ4n) is 3.56. The minimum Gasteiger partial charge on any atom is -0.465 e. The van der Waals surface area contributed by atoms with Crippen LogP contribution in [0.4, 0.5) is 11.9 Å². The average Bonchev–Trinajstić information content (AvgIpc) is 3.51. The second-order valence-corrected chi connectivity index (χ2v) is 7.78. The van der Waals surface area contributed by atoms with Crippen molar-refractivity contribution in [1.82, 2.24) is 19.9 Å². The van der Waals surface area contributed by atoms with E-state index >= 15 is 0 Å². The van der Waals surface area contributed by atoms with Gasteiger partial charge in [-0.15, -0.1) is 0 Å². The van der Waals surface area contributed by atoms with Crippen LogP contribution in [0, 0.1) is 0 Å². The first kappa shape index (κ1) is 20.2. The van der Waals surface area contributed by atoms with E-state index in [0.717, 1.165) is 43.1 Å². The van der Waals surface area contributed by atoms with Crippen molar-refractivity contribution < 1.29 is 9.15 Å². The Bertz CT molecular complexity index is 1100. The standard InChI is InChI=1S/C23H25N7O2/c1-29-9-11-30(12-10-29)22-26-21(25-20-14-18(15-24-20)19-8-5-13-31-19)27-23(28-22)32-16-17-6-3-2-4-7-17/h2-8,13-14H,9-12,15-16H2,1H3,(H,24,25,26,27,28). The average molecular weight is 432 g/mol. The van der Waals surface area contributed by atoms with Gasteiger partial charge in [0.2, 0.25) is 11.9 Å². The fourth-order valence-corrected chi connectivity index (χ4v) is 3.56. The second kappa shape index (κ2) is 9.19. The van der Waals surface area contributed by atoms with Crippen LogP contribution < -0.4 is 15.0 Å². The zero-order valence-corrected chi connectivity index (χ0v) is 17.9. The Kier molecular flexibility index (Phi) is 5.80. The van der Waals surface area contributed by atoms with Crippen molar-refractivity contribution in [2.45, 2.75) is 6.61 Å². The van der Waals surface area contributed by atoms with Crippen LogP contribution in [0.2, 0.25) is 0 Å². The monoisotopic (exact) mass is 431 g/mol. The first-order valence-electron chi connectivity index (χ1n) is 10.7. The van der Waals surface area contributed by atoms with Gasteiger partial charge in [0.1, 0.15) is 18.2 Å². The van der Waals surface area contributed by atoms with E-state index in [0.29, 0.717) is 30.9 Å². The minimum absolute atomic E-state index is 0.286. The Morgan fingerprint density at radius 2 is 1.84 bits per heavy atom. The first-order chi connectivity index (χ1) is 15.7. The molecule has 0 amide bonds. The Balaban J connectivity index is 1.36. The summed E-state index contributed by atoms with van der Waals surface area (Å²) >= 11 is 0. The van der Waals surface area contributed by atoms with Crippen molar-refractivity contribution in [3.63, 3.8) is 0 Å². The van der Waals surface area contributed by atoms with E-state index in [1.54, 1.807) is 6.26 Å². The molecule has 5 rings (SSSR count). The lowest BCUT2D eigenvalue weighted by Gasteiger charge is -2.32. The number of likely N-dealkylation sites (N-methyl/N-ethyl adjacent to an activating group) is 1. The normalized spacial score (nSPS) is 16.6. The lowest BCUT2D eigenvalue weighted by atomic mass is 10.2. The largest absolute Gasteiger partial charge is 0.465 e. The van der Waals surface area contributed by atoms with Crippen LogP contribution in [0.5, 0.6) is 6.01 Å². The van der Waals surface area contributed by atoms with E-state index in [1.807, 2.05) is 48.5 Å². The van der Waals surface area contributed by atoms with E-state index in [-0.39, 0.29) is 6.01 Å². The van der Waals surface area contributed by atoms with Gasteiger partial charge in [-0.3, -0.25) is 4.99 Å². The molecule has 1 saturated heterocycles. The van der Waals surface area contributed by atoms with Crippen LogP contribution in [0.1, 0.15) is 11.3 Å². The van der Waals surface area contributed by atoms with Gasteiger partial charge in [-0.1, -0.05) is 30.3 Å². The molecule has 2 aliphatic heterocycles. The molecule has 0 aliphatic carbocycles. The van der Waals surface area contributed by atoms with Crippen LogP contribution in [-0.4, -0.2) is 65.5 Å². The van der Waals surface area contributed by atoms with Gasteiger partial charge < -0.3 is 24.3 Å². The molecule has 0 radical (unpaired) electrons. The number of nitrogens with zero attached hydrogens (tertiary/aromatic N) is 6. The number of aromatic nitrogens is 3. The summed E-state index contributed by atoms with van der Waals surface area (Å²) < 4.78 is 11.4. The zero-order valence-electron chi connectivity index (χ0n) is 17.9. The highest BCUT2D eigenvalue weighted by atomic mass is 16.5. The number of ether oxygens (including phenoxy) is 1. The molecule has 0 saturated carbocycles. The highest BCUT2D eigenvalue weighted by Gasteiger charge is 2.20. The van der Waals surface area contributed by atoms with Crippen LogP contribution in [0.15, 0.2) is 64.2 Å². The molecule has 1 aromatic carbocycles. The van der Waals surface area contributed by atoms with E-state index in [1.165, 1.54) is 0 Å². The molecule has 2 aliphatic rings. The number of aliphatic imine (C=N–C) groups is 1. The number of nitrogens with one attached hydrogen (secondary N) is 1. The Hall–Kier alpha value is -3.72. The number of hydrogen-bond acceptors (Lipinski definition) is 9. The molecule has 0 atom stereocenters. The Morgan fingerprint density at radius 1 is 1.00 bits per heavy atom. The lowest BCUT2D eigenvalue weighted by molar-refractivity contribution is 0.278. The van der Waals surface area contributed by atoms with Gasteiger partial charge >= 0.3 is 6.01 Å². The molecule has 1 N–H and O–H groups in total. The molecule has 2 aromatic heterocycles. The molecular formula is C23H25N7O2. The maximum atomic E-state index is 5.92. The number of piperazine rings is 1. The van der Waals surface area contributed by atoms with Crippen LogP contribution in [-0.2, 0) is 6.61 Å². The SMILES string of the molecule is CN1CCN(c2nc(NC3=NCC(c4ccco4)=C3)nc(OCc3ccccc3)n2)CC1. The van der Waals surface area contributed by atoms with E-state index in [9.17, 15) is 0 Å². The van der Waals surface area contributed by atoms with Gasteiger partial charge in [-0.05, 0) is 30.8 Å². The summed E-state index contributed by atoms with van der Waals surface area (Å²) in [4.78, 5) is 22.7. The van der Waals surface area contributed by atoms with E-state index < -0.39 is 0 Å². The summed E-state index contributed by atoms with van der Waals surface area (Å²) in [7, 11) is 2.12. The summed E-state index contributed by atoms with van der Waals surface area (Å²) in [6.45, 7) is 4.54. The molecule has 0 spiro atoms. The minimum atomic E-state index is 0.286. The maximum absolute atomic E-state index is 5.92. The van der Waals surface area contributed by atoms with Crippen molar-refractivity contribution in [2.24, 2.45) is 4.99 Å². The second-order valence-electron chi connectivity index (χ2n) is 7.78. The van der Waals surface area contributed by atoms with Gasteiger partial charge in [-0.25, -0.2) is 0 Å². The molecule has 9 nitrogen and oxygen atoms in total. The van der Waals surface area contributed by atoms with Gasteiger partial charge in [0.05, 0.1) is 12.8 Å². The molecule has 0 unspecified atom stereocenters. The van der Waals surface area contributed by atoms with Crippen LogP contribution >= 0.6 is 0 Å². The van der Waals surface area contributed by atoms with Crippen molar-refractivity contribution in [2.75, 3.05) is 50.0 Å². The molecule has 3 aromatic rings. The molecule has 4 heterocycles. The van der Waals surface area contributed by atoms with Crippen molar-refractivity contribution in [3.8, 4) is 6.01 Å². The molecular weight excluding hydrogens is 406 g/mol. The van der Waals surface area contributed by atoms with Gasteiger partial charge in [0, 0.05) is 31.8 Å². The summed E-state index contributed by atoms with van der Waals surface area (Å²) in [6.07, 6.45) is 3.61. The predicted octanol–water partition coefficient (Wildman–Crippen LogP) is 2.70. The predicted molar refractivity (Wildman–Crippen MR) is 123 cm³/mol. The highest BCUT2D eigenvalue weighted by molar-refractivity contribution is 6.09. The fraction of sp³-hybridized carbons (Fsp3) is 0.304. The van der Waals surface area contributed by atoms with E-state index in [4.69, 9.17) is 9.15 Å². The summed E-state index contributed by atoms with van der Waals surface area (Å²) in [6, 6.07) is 14.0. The van der Waals surface area contributed by atoms with Crippen LogP contribution in [0.3, 0.4) is 0 Å². The quantitative estimate of drug-likeness (QED) is 0.637. The molecule has 0 bridgehead atoms. The van der Waals surface area contributed by atoms with Gasteiger partial charge in [0.25, 0.3) is 0 Å². The smallest absolute Gasteiger partial charge is 0.323 e. The third-order valence-electron chi connectivity index (χ3n) is 5.41. The third kappa shape index (κ3) is 4.78.